The number of ether oxygens (including phenoxy) is 1. The molecule has 0 aromatic heterocycles. The van der Waals surface area contributed by atoms with Gasteiger partial charge in [0.25, 0.3) is 0 Å². The highest BCUT2D eigenvalue weighted by atomic mass is 35.5. The van der Waals surface area contributed by atoms with E-state index in [1.807, 2.05) is 11.8 Å². The number of aliphatic hydroxyl groups excluding tert-OH is 1. The van der Waals surface area contributed by atoms with Crippen LogP contribution in [0.15, 0.2) is 18.2 Å². The summed E-state index contributed by atoms with van der Waals surface area (Å²) in [5.41, 5.74) is 0.814. The third-order valence-electron chi connectivity index (χ3n) is 4.25. The van der Waals surface area contributed by atoms with E-state index in [0.717, 1.165) is 25.1 Å². The lowest BCUT2D eigenvalue weighted by Crippen LogP contribution is -2.50. The lowest BCUT2D eigenvalue weighted by Gasteiger charge is -2.35. The van der Waals surface area contributed by atoms with E-state index in [2.05, 4.69) is 4.90 Å². The fraction of sp³-hybridized carbons (Fsp3) is 0.588. The SMILES string of the molecule is CC[C@H](O)CN1CCN(C(=O)Cc2cc(Cl)ccc2OC)CC1. The van der Waals surface area contributed by atoms with Gasteiger partial charge in [-0.2, -0.15) is 0 Å². The van der Waals surface area contributed by atoms with Crippen molar-refractivity contribution in [3.8, 4) is 5.75 Å². The van der Waals surface area contributed by atoms with Crippen LogP contribution in [-0.2, 0) is 11.2 Å². The van der Waals surface area contributed by atoms with E-state index in [4.69, 9.17) is 16.3 Å². The highest BCUT2D eigenvalue weighted by molar-refractivity contribution is 6.30. The Bertz CT molecular complexity index is 531. The average molecular weight is 341 g/mol. The molecule has 5 nitrogen and oxygen atoms in total. The summed E-state index contributed by atoms with van der Waals surface area (Å²) in [5.74, 6) is 0.772. The van der Waals surface area contributed by atoms with Crippen molar-refractivity contribution in [1.29, 1.82) is 0 Å². The molecule has 0 unspecified atom stereocenters. The van der Waals surface area contributed by atoms with Crippen molar-refractivity contribution in [3.63, 3.8) is 0 Å². The largest absolute Gasteiger partial charge is 0.496 e. The van der Waals surface area contributed by atoms with E-state index in [-0.39, 0.29) is 12.0 Å². The van der Waals surface area contributed by atoms with Gasteiger partial charge < -0.3 is 14.7 Å². The van der Waals surface area contributed by atoms with Crippen LogP contribution >= 0.6 is 11.6 Å². The number of β-amino-alcohol motifs (C(OH)–C–C–N with tert-alkyl or cyclic N) is 1. The molecule has 1 aliphatic heterocycles. The van der Waals surface area contributed by atoms with Crippen LogP contribution in [0.4, 0.5) is 0 Å². The summed E-state index contributed by atoms with van der Waals surface area (Å²) in [5, 5.41) is 10.3. The first-order valence-electron chi connectivity index (χ1n) is 8.04. The molecule has 1 saturated heterocycles. The topological polar surface area (TPSA) is 53.0 Å². The van der Waals surface area contributed by atoms with Gasteiger partial charge in [-0.1, -0.05) is 18.5 Å². The molecule has 6 heteroatoms. The molecule has 1 aromatic carbocycles. The highest BCUT2D eigenvalue weighted by Crippen LogP contribution is 2.23. The Morgan fingerprint density at radius 3 is 2.65 bits per heavy atom. The minimum atomic E-state index is -0.284. The molecule has 0 aliphatic carbocycles. The van der Waals surface area contributed by atoms with Gasteiger partial charge in [-0.15, -0.1) is 0 Å². The number of benzene rings is 1. The zero-order valence-corrected chi connectivity index (χ0v) is 14.6. The highest BCUT2D eigenvalue weighted by Gasteiger charge is 2.23. The van der Waals surface area contributed by atoms with Gasteiger partial charge in [-0.05, 0) is 24.6 Å². The second-order valence-electron chi connectivity index (χ2n) is 5.88. The summed E-state index contributed by atoms with van der Waals surface area (Å²) >= 11 is 6.01. The second kappa shape index (κ2) is 8.52. The quantitative estimate of drug-likeness (QED) is 0.858. The number of nitrogens with zero attached hydrogens (tertiary/aromatic N) is 2. The fourth-order valence-electron chi connectivity index (χ4n) is 2.77. The lowest BCUT2D eigenvalue weighted by molar-refractivity contribution is -0.132. The summed E-state index contributed by atoms with van der Waals surface area (Å²) in [4.78, 5) is 16.6. The molecule has 1 aliphatic rings. The first kappa shape index (κ1) is 18.0. The number of halogens is 1. The number of piperazine rings is 1. The molecule has 1 fully saturated rings. The zero-order valence-electron chi connectivity index (χ0n) is 13.8. The standard InChI is InChI=1S/C17H25ClN2O3/c1-3-15(21)12-19-6-8-20(9-7-19)17(22)11-13-10-14(18)4-5-16(13)23-2/h4-5,10,15,21H,3,6-9,11-12H2,1-2H3/t15-/m0/s1. The van der Waals surface area contributed by atoms with Crippen LogP contribution in [0.2, 0.25) is 5.02 Å². The van der Waals surface area contributed by atoms with Crippen molar-refractivity contribution >= 4 is 17.5 Å². The van der Waals surface area contributed by atoms with Crippen LogP contribution in [0, 0.1) is 0 Å². The molecule has 1 aromatic rings. The number of rotatable bonds is 6. The summed E-state index contributed by atoms with van der Waals surface area (Å²) in [6.45, 7) is 5.64. The first-order valence-corrected chi connectivity index (χ1v) is 8.42. The Morgan fingerprint density at radius 2 is 2.04 bits per heavy atom. The van der Waals surface area contributed by atoms with Gasteiger partial charge in [0.1, 0.15) is 5.75 Å². The molecular formula is C17H25ClN2O3. The van der Waals surface area contributed by atoms with Crippen molar-refractivity contribution in [2.24, 2.45) is 0 Å². The van der Waals surface area contributed by atoms with Crippen LogP contribution in [0.1, 0.15) is 18.9 Å². The zero-order chi connectivity index (χ0) is 16.8. The van der Waals surface area contributed by atoms with Crippen molar-refractivity contribution in [2.45, 2.75) is 25.9 Å². The van der Waals surface area contributed by atoms with Gasteiger partial charge in [-0.3, -0.25) is 9.69 Å². The molecule has 0 radical (unpaired) electrons. The molecule has 0 spiro atoms. The van der Waals surface area contributed by atoms with E-state index in [9.17, 15) is 9.90 Å². The first-order chi connectivity index (χ1) is 11.0. The number of carbonyl (C=O) groups is 1. The number of carbonyl (C=O) groups excluding carboxylic acids is 1. The molecule has 23 heavy (non-hydrogen) atoms. The molecule has 0 bridgehead atoms. The summed E-state index contributed by atoms with van der Waals surface area (Å²) in [6.07, 6.45) is 0.766. The number of hydrogen-bond acceptors (Lipinski definition) is 4. The number of amides is 1. The van der Waals surface area contributed by atoms with E-state index in [0.29, 0.717) is 36.8 Å². The molecule has 1 N–H and O–H groups in total. The van der Waals surface area contributed by atoms with Crippen molar-refractivity contribution in [3.05, 3.63) is 28.8 Å². The monoisotopic (exact) mass is 340 g/mol. The minimum Gasteiger partial charge on any atom is -0.496 e. The van der Waals surface area contributed by atoms with E-state index >= 15 is 0 Å². The Hall–Kier alpha value is -1.30. The summed E-state index contributed by atoms with van der Waals surface area (Å²) < 4.78 is 5.30. The van der Waals surface area contributed by atoms with Crippen LogP contribution in [0.5, 0.6) is 5.75 Å². The van der Waals surface area contributed by atoms with E-state index in [1.165, 1.54) is 0 Å². The van der Waals surface area contributed by atoms with Gasteiger partial charge in [0.05, 0.1) is 19.6 Å². The Labute approximate surface area is 142 Å². The Morgan fingerprint density at radius 1 is 1.35 bits per heavy atom. The normalized spacial score (nSPS) is 17.1. The number of hydrogen-bond donors (Lipinski definition) is 1. The van der Waals surface area contributed by atoms with Crippen LogP contribution in [0.3, 0.4) is 0 Å². The maximum atomic E-state index is 12.5. The van der Waals surface area contributed by atoms with Crippen molar-refractivity contribution < 1.29 is 14.6 Å². The molecule has 2 rings (SSSR count). The van der Waals surface area contributed by atoms with Crippen molar-refractivity contribution in [1.82, 2.24) is 9.80 Å². The van der Waals surface area contributed by atoms with Gasteiger partial charge in [0.2, 0.25) is 5.91 Å². The van der Waals surface area contributed by atoms with Crippen LogP contribution in [0.25, 0.3) is 0 Å². The number of methoxy groups -OCH3 is 1. The van der Waals surface area contributed by atoms with Crippen LogP contribution in [-0.4, -0.2) is 66.8 Å². The van der Waals surface area contributed by atoms with Gasteiger partial charge in [-0.25, -0.2) is 0 Å². The third kappa shape index (κ3) is 5.09. The van der Waals surface area contributed by atoms with Crippen LogP contribution < -0.4 is 4.74 Å². The molecule has 1 atom stereocenters. The lowest BCUT2D eigenvalue weighted by atomic mass is 10.1. The van der Waals surface area contributed by atoms with Gasteiger partial charge >= 0.3 is 0 Å². The van der Waals surface area contributed by atoms with Gasteiger partial charge in [0, 0.05) is 43.3 Å². The Balaban J connectivity index is 1.89. The summed E-state index contributed by atoms with van der Waals surface area (Å²) in [7, 11) is 1.59. The smallest absolute Gasteiger partial charge is 0.227 e. The molecule has 128 valence electrons. The molecular weight excluding hydrogens is 316 g/mol. The van der Waals surface area contributed by atoms with Gasteiger partial charge in [0.15, 0.2) is 0 Å². The Kier molecular flexibility index (Phi) is 6.69. The predicted molar refractivity (Wildman–Crippen MR) is 91.0 cm³/mol. The maximum Gasteiger partial charge on any atom is 0.227 e. The average Bonchev–Trinajstić information content (AvgIpc) is 2.55. The molecule has 1 amide bonds. The van der Waals surface area contributed by atoms with Crippen molar-refractivity contribution in [2.75, 3.05) is 39.8 Å². The molecule has 1 heterocycles. The van der Waals surface area contributed by atoms with E-state index in [1.54, 1.807) is 25.3 Å². The van der Waals surface area contributed by atoms with E-state index < -0.39 is 0 Å². The predicted octanol–water partition coefficient (Wildman–Crippen LogP) is 1.81. The summed E-state index contributed by atoms with van der Waals surface area (Å²) in [6, 6.07) is 5.33. The number of aliphatic hydroxyl groups is 1. The fourth-order valence-corrected chi connectivity index (χ4v) is 2.96. The second-order valence-corrected chi connectivity index (χ2v) is 6.31. The molecule has 0 saturated carbocycles. The minimum absolute atomic E-state index is 0.0845. The maximum absolute atomic E-state index is 12.5. The third-order valence-corrected chi connectivity index (χ3v) is 4.48.